The van der Waals surface area contributed by atoms with Crippen molar-refractivity contribution >= 4 is 23.2 Å². The van der Waals surface area contributed by atoms with Crippen LogP contribution in [0.1, 0.15) is 27.2 Å². The molecule has 0 unspecified atom stereocenters. The Hall–Kier alpha value is -3.63. The highest BCUT2D eigenvalue weighted by molar-refractivity contribution is 6.30. The van der Waals surface area contributed by atoms with E-state index in [-0.39, 0.29) is 11.0 Å². The van der Waals surface area contributed by atoms with E-state index in [1.807, 2.05) is 85.1 Å². The molecule has 0 aliphatic heterocycles. The molecule has 32 heavy (non-hydrogen) atoms. The predicted molar refractivity (Wildman–Crippen MR) is 131 cm³/mol. The number of para-hydroxylation sites is 1. The number of aromatic nitrogens is 1. The zero-order valence-electron chi connectivity index (χ0n) is 17.9. The smallest absolute Gasteiger partial charge is 0.261 e. The SMILES string of the molecule is Cc1ccccc1-c1c(C(=O)Nc2ccccc2)c(=O)cc(C)n1Cc1ccc(Cl)cc1. The van der Waals surface area contributed by atoms with E-state index in [1.165, 1.54) is 6.07 Å². The summed E-state index contributed by atoms with van der Waals surface area (Å²) < 4.78 is 2.02. The number of nitrogens with zero attached hydrogens (tertiary/aromatic N) is 1. The number of carbonyl (C=O) groups excluding carboxylic acids is 1. The average molecular weight is 443 g/mol. The first-order chi connectivity index (χ1) is 15.4. The van der Waals surface area contributed by atoms with Crippen LogP contribution in [0.4, 0.5) is 5.69 Å². The molecule has 1 N–H and O–H groups in total. The molecule has 0 aliphatic rings. The van der Waals surface area contributed by atoms with Gasteiger partial charge in [-0.15, -0.1) is 0 Å². The molecule has 1 aromatic heterocycles. The number of rotatable bonds is 5. The molecule has 4 nitrogen and oxygen atoms in total. The van der Waals surface area contributed by atoms with Gasteiger partial charge in [-0.05, 0) is 49.2 Å². The zero-order chi connectivity index (χ0) is 22.7. The van der Waals surface area contributed by atoms with Crippen molar-refractivity contribution in [3.8, 4) is 11.3 Å². The Kier molecular flexibility index (Phi) is 6.24. The van der Waals surface area contributed by atoms with Crippen LogP contribution in [-0.4, -0.2) is 10.5 Å². The third-order valence-electron chi connectivity index (χ3n) is 5.43. The molecule has 1 heterocycles. The van der Waals surface area contributed by atoms with E-state index in [2.05, 4.69) is 5.32 Å². The van der Waals surface area contributed by atoms with Crippen molar-refractivity contribution in [1.82, 2.24) is 4.57 Å². The summed E-state index contributed by atoms with van der Waals surface area (Å²) in [6, 6.07) is 26.0. The van der Waals surface area contributed by atoms with E-state index < -0.39 is 5.91 Å². The van der Waals surface area contributed by atoms with E-state index >= 15 is 0 Å². The van der Waals surface area contributed by atoms with Crippen LogP contribution in [-0.2, 0) is 6.54 Å². The minimum atomic E-state index is -0.427. The second-order valence-corrected chi connectivity index (χ2v) is 8.16. The molecule has 0 spiro atoms. The average Bonchev–Trinajstić information content (AvgIpc) is 2.78. The largest absolute Gasteiger partial charge is 0.340 e. The summed E-state index contributed by atoms with van der Waals surface area (Å²) in [7, 11) is 0. The number of aryl methyl sites for hydroxylation is 2. The molecule has 0 fully saturated rings. The topological polar surface area (TPSA) is 51.1 Å². The summed E-state index contributed by atoms with van der Waals surface area (Å²) in [4.78, 5) is 26.5. The van der Waals surface area contributed by atoms with Gasteiger partial charge in [0.1, 0.15) is 5.56 Å². The van der Waals surface area contributed by atoms with Gasteiger partial charge >= 0.3 is 0 Å². The Balaban J connectivity index is 1.92. The number of pyridine rings is 1. The molecule has 4 aromatic rings. The standard InChI is InChI=1S/C27H23ClN2O2/c1-18-8-6-7-11-23(18)26-25(27(32)29-22-9-4-3-5-10-22)24(31)16-19(2)30(26)17-20-12-14-21(28)15-13-20/h3-16H,17H2,1-2H3,(H,29,32). The maximum Gasteiger partial charge on any atom is 0.261 e. The van der Waals surface area contributed by atoms with Gasteiger partial charge in [0, 0.05) is 34.6 Å². The van der Waals surface area contributed by atoms with E-state index in [9.17, 15) is 9.59 Å². The summed E-state index contributed by atoms with van der Waals surface area (Å²) in [5.41, 5.74) is 4.69. The molecule has 0 atom stereocenters. The van der Waals surface area contributed by atoms with Gasteiger partial charge in [-0.3, -0.25) is 9.59 Å². The van der Waals surface area contributed by atoms with Crippen LogP contribution < -0.4 is 10.7 Å². The normalized spacial score (nSPS) is 10.7. The van der Waals surface area contributed by atoms with Crippen molar-refractivity contribution in [3.63, 3.8) is 0 Å². The number of hydrogen-bond donors (Lipinski definition) is 1. The number of nitrogens with one attached hydrogen (secondary N) is 1. The zero-order valence-corrected chi connectivity index (χ0v) is 18.7. The maximum atomic E-state index is 13.4. The summed E-state index contributed by atoms with van der Waals surface area (Å²) in [6.45, 7) is 4.37. The van der Waals surface area contributed by atoms with E-state index in [0.29, 0.717) is 22.9 Å². The highest BCUT2D eigenvalue weighted by Gasteiger charge is 2.23. The fourth-order valence-electron chi connectivity index (χ4n) is 3.80. The Bertz CT molecular complexity index is 1330. The van der Waals surface area contributed by atoms with Crippen molar-refractivity contribution in [2.45, 2.75) is 20.4 Å². The molecule has 0 radical (unpaired) electrons. The lowest BCUT2D eigenvalue weighted by Crippen LogP contribution is -2.27. The van der Waals surface area contributed by atoms with Crippen LogP contribution in [0.2, 0.25) is 5.02 Å². The molecular weight excluding hydrogens is 420 g/mol. The third-order valence-corrected chi connectivity index (χ3v) is 5.68. The molecule has 0 saturated carbocycles. The lowest BCUT2D eigenvalue weighted by molar-refractivity contribution is 0.102. The van der Waals surface area contributed by atoms with Crippen LogP contribution >= 0.6 is 11.6 Å². The van der Waals surface area contributed by atoms with E-state index in [1.54, 1.807) is 12.1 Å². The van der Waals surface area contributed by atoms with E-state index in [4.69, 9.17) is 11.6 Å². The van der Waals surface area contributed by atoms with Crippen molar-refractivity contribution in [2.75, 3.05) is 5.32 Å². The Morgan fingerprint density at radius 1 is 0.906 bits per heavy atom. The molecule has 3 aromatic carbocycles. The van der Waals surface area contributed by atoms with Crippen molar-refractivity contribution in [1.29, 1.82) is 0 Å². The Labute approximate surface area is 192 Å². The minimum absolute atomic E-state index is 0.128. The number of amides is 1. The van der Waals surface area contributed by atoms with Crippen LogP contribution in [0.25, 0.3) is 11.3 Å². The molecule has 4 rings (SSSR count). The van der Waals surface area contributed by atoms with Crippen molar-refractivity contribution < 1.29 is 4.79 Å². The molecular formula is C27H23ClN2O2. The first-order valence-corrected chi connectivity index (χ1v) is 10.7. The van der Waals surface area contributed by atoms with Crippen LogP contribution in [0.3, 0.4) is 0 Å². The lowest BCUT2D eigenvalue weighted by Gasteiger charge is -2.21. The molecule has 1 amide bonds. The lowest BCUT2D eigenvalue weighted by atomic mass is 9.98. The van der Waals surface area contributed by atoms with Crippen LogP contribution in [0, 0.1) is 13.8 Å². The molecule has 5 heteroatoms. The van der Waals surface area contributed by atoms with Gasteiger partial charge in [0.2, 0.25) is 0 Å². The van der Waals surface area contributed by atoms with Crippen molar-refractivity contribution in [3.05, 3.63) is 123 Å². The minimum Gasteiger partial charge on any atom is -0.340 e. The highest BCUT2D eigenvalue weighted by atomic mass is 35.5. The summed E-state index contributed by atoms with van der Waals surface area (Å²) in [6.07, 6.45) is 0. The summed E-state index contributed by atoms with van der Waals surface area (Å²) >= 11 is 6.06. The van der Waals surface area contributed by atoms with Gasteiger partial charge in [0.05, 0.1) is 5.69 Å². The maximum absolute atomic E-state index is 13.4. The molecule has 160 valence electrons. The summed E-state index contributed by atoms with van der Waals surface area (Å²) in [5, 5.41) is 3.54. The van der Waals surface area contributed by atoms with Gasteiger partial charge in [0.15, 0.2) is 5.43 Å². The first-order valence-electron chi connectivity index (χ1n) is 10.4. The molecule has 0 saturated heterocycles. The quantitative estimate of drug-likeness (QED) is 0.406. The fraction of sp³-hybridized carbons (Fsp3) is 0.111. The number of hydrogen-bond acceptors (Lipinski definition) is 2. The van der Waals surface area contributed by atoms with E-state index in [0.717, 1.165) is 22.4 Å². The molecule has 0 bridgehead atoms. The second-order valence-electron chi connectivity index (χ2n) is 7.72. The van der Waals surface area contributed by atoms with Gasteiger partial charge in [-0.2, -0.15) is 0 Å². The molecule has 0 aliphatic carbocycles. The number of halogens is 1. The monoisotopic (exact) mass is 442 g/mol. The van der Waals surface area contributed by atoms with Crippen molar-refractivity contribution in [2.24, 2.45) is 0 Å². The summed E-state index contributed by atoms with van der Waals surface area (Å²) in [5.74, 6) is -0.427. The number of benzene rings is 3. The third kappa shape index (κ3) is 4.51. The number of carbonyl (C=O) groups is 1. The fourth-order valence-corrected chi connectivity index (χ4v) is 3.92. The number of anilines is 1. The Morgan fingerprint density at radius 2 is 1.56 bits per heavy atom. The van der Waals surface area contributed by atoms with Gasteiger partial charge < -0.3 is 9.88 Å². The predicted octanol–water partition coefficient (Wildman–Crippen LogP) is 6.09. The highest BCUT2D eigenvalue weighted by Crippen LogP contribution is 2.28. The Morgan fingerprint density at radius 3 is 2.25 bits per heavy atom. The van der Waals surface area contributed by atoms with Crippen LogP contribution in [0.5, 0.6) is 0 Å². The first kappa shape index (κ1) is 21.6. The van der Waals surface area contributed by atoms with Crippen LogP contribution in [0.15, 0.2) is 89.7 Å². The van der Waals surface area contributed by atoms with Gasteiger partial charge in [-0.1, -0.05) is 66.2 Å². The second kappa shape index (κ2) is 9.25. The van der Waals surface area contributed by atoms with Gasteiger partial charge in [-0.25, -0.2) is 0 Å². The van der Waals surface area contributed by atoms with Gasteiger partial charge in [0.25, 0.3) is 5.91 Å².